The lowest BCUT2D eigenvalue weighted by Gasteiger charge is -2.27. The number of anilines is 1. The fraction of sp³-hybridized carbons (Fsp3) is 0.702. The standard InChI is InChI=1S/C47H73N3O19/c1-37(2)47(56)69-36-35-68-34-33-67-32-31-66-30-29-65-28-27-64-26-25-63-24-23-62-22-21-61-20-19-60-18-17-59-16-15-58-14-13-57-12-5-3-4-9-41(51)48-39-8-6-7-38-43(39)46(55)50(45(38)54)40-10-11-42(52)49-44(40)53/h6-8,40H,1,3-5,9-36H2,2H3,(H,48,51)(H,49,52,53). The van der Waals surface area contributed by atoms with Crippen LogP contribution in [0, 0.1) is 0 Å². The molecule has 22 nitrogen and oxygen atoms in total. The van der Waals surface area contributed by atoms with Crippen molar-refractivity contribution in [1.29, 1.82) is 0 Å². The van der Waals surface area contributed by atoms with Crippen molar-refractivity contribution < 1.29 is 90.3 Å². The lowest BCUT2D eigenvalue weighted by Crippen LogP contribution is -2.54. The van der Waals surface area contributed by atoms with Gasteiger partial charge in [-0.2, -0.15) is 0 Å². The molecule has 2 heterocycles. The Labute approximate surface area is 404 Å². The van der Waals surface area contributed by atoms with Crippen LogP contribution < -0.4 is 10.6 Å². The maximum absolute atomic E-state index is 13.2. The third-order valence-corrected chi connectivity index (χ3v) is 9.84. The largest absolute Gasteiger partial charge is 0.460 e. The van der Waals surface area contributed by atoms with Gasteiger partial charge in [-0.15, -0.1) is 0 Å². The van der Waals surface area contributed by atoms with Gasteiger partial charge < -0.3 is 66.9 Å². The molecule has 69 heavy (non-hydrogen) atoms. The van der Waals surface area contributed by atoms with E-state index in [1.165, 1.54) is 6.07 Å². The van der Waals surface area contributed by atoms with E-state index in [0.717, 1.165) is 17.7 Å². The number of esters is 1. The van der Waals surface area contributed by atoms with Gasteiger partial charge in [-0.05, 0) is 38.3 Å². The van der Waals surface area contributed by atoms with Gasteiger partial charge in [0.05, 0.1) is 169 Å². The molecule has 390 valence electrons. The third kappa shape index (κ3) is 26.5. The van der Waals surface area contributed by atoms with E-state index in [1.54, 1.807) is 19.1 Å². The number of piperidine rings is 1. The van der Waals surface area contributed by atoms with Gasteiger partial charge in [0, 0.05) is 25.0 Å². The van der Waals surface area contributed by atoms with Gasteiger partial charge >= 0.3 is 5.97 Å². The van der Waals surface area contributed by atoms with Crippen LogP contribution in [-0.2, 0) is 80.8 Å². The second kappa shape index (κ2) is 38.5. The Bertz CT molecular complexity index is 1670. The highest BCUT2D eigenvalue weighted by Crippen LogP contribution is 2.32. The summed E-state index contributed by atoms with van der Waals surface area (Å²) >= 11 is 0. The van der Waals surface area contributed by atoms with E-state index in [9.17, 15) is 28.8 Å². The molecule has 22 heteroatoms. The van der Waals surface area contributed by atoms with E-state index in [2.05, 4.69) is 17.2 Å². The fourth-order valence-corrected chi connectivity index (χ4v) is 6.34. The molecule has 1 saturated heterocycles. The minimum absolute atomic E-state index is 0.0236. The van der Waals surface area contributed by atoms with Gasteiger partial charge in [0.2, 0.25) is 17.7 Å². The van der Waals surface area contributed by atoms with Crippen molar-refractivity contribution in [3.05, 3.63) is 41.5 Å². The monoisotopic (exact) mass is 983 g/mol. The van der Waals surface area contributed by atoms with Crippen LogP contribution in [0.3, 0.4) is 0 Å². The average molecular weight is 984 g/mol. The summed E-state index contributed by atoms with van der Waals surface area (Å²) in [4.78, 5) is 74.9. The first kappa shape index (κ1) is 59.0. The van der Waals surface area contributed by atoms with Crippen molar-refractivity contribution in [3.63, 3.8) is 0 Å². The highest BCUT2D eigenvalue weighted by Gasteiger charge is 2.45. The first-order valence-electron chi connectivity index (χ1n) is 23.6. The number of hydrogen-bond donors (Lipinski definition) is 2. The quantitative estimate of drug-likeness (QED) is 0.0410. The van der Waals surface area contributed by atoms with Gasteiger partial charge in [0.1, 0.15) is 12.6 Å². The van der Waals surface area contributed by atoms with Crippen LogP contribution >= 0.6 is 0 Å². The summed E-state index contributed by atoms with van der Waals surface area (Å²) in [6, 6.07) is 3.51. The molecular weight excluding hydrogens is 911 g/mol. The molecule has 3 rings (SSSR count). The van der Waals surface area contributed by atoms with Crippen LogP contribution in [0.1, 0.15) is 66.2 Å². The summed E-state index contributed by atoms with van der Waals surface area (Å²) in [5.74, 6) is -3.16. The highest BCUT2D eigenvalue weighted by atomic mass is 16.6. The van der Waals surface area contributed by atoms with Gasteiger partial charge in [0.25, 0.3) is 11.8 Å². The van der Waals surface area contributed by atoms with Gasteiger partial charge in [-0.25, -0.2) is 4.79 Å². The van der Waals surface area contributed by atoms with E-state index >= 15 is 0 Å². The lowest BCUT2D eigenvalue weighted by molar-refractivity contribution is -0.140. The molecular formula is C47H73N3O19. The van der Waals surface area contributed by atoms with E-state index in [-0.39, 0.29) is 48.6 Å². The zero-order chi connectivity index (χ0) is 49.6. The number of carbonyl (C=O) groups is 6. The normalized spacial score (nSPS) is 14.6. The third-order valence-electron chi connectivity index (χ3n) is 9.84. The highest BCUT2D eigenvalue weighted by molar-refractivity contribution is 6.26. The lowest BCUT2D eigenvalue weighted by atomic mass is 10.0. The Hall–Kier alpha value is -4.30. The number of fused-ring (bicyclic) bond motifs is 1. The average Bonchev–Trinajstić information content (AvgIpc) is 3.59. The Morgan fingerprint density at radius 3 is 1.38 bits per heavy atom. The molecule has 0 aromatic heterocycles. The van der Waals surface area contributed by atoms with Crippen LogP contribution in [0.2, 0.25) is 0 Å². The smallest absolute Gasteiger partial charge is 0.333 e. The molecule has 1 aromatic rings. The van der Waals surface area contributed by atoms with Gasteiger partial charge in [-0.1, -0.05) is 19.1 Å². The summed E-state index contributed by atoms with van der Waals surface area (Å²) in [7, 11) is 0. The number of carbonyl (C=O) groups excluding carboxylic acids is 6. The van der Waals surface area contributed by atoms with Crippen molar-refractivity contribution >= 4 is 41.2 Å². The predicted molar refractivity (Wildman–Crippen MR) is 246 cm³/mol. The van der Waals surface area contributed by atoms with Crippen LogP contribution in [-0.4, -0.2) is 212 Å². The SMILES string of the molecule is C=C(C)C(=O)OCCOCCOCCOCCOCCOCCOCCOCCOCCOCCOCCOCCOCCCCCC(=O)Nc1cccc2c1C(=O)N(C1CCC(=O)NC1=O)C2=O. The Balaban J connectivity index is 0.955. The van der Waals surface area contributed by atoms with Crippen molar-refractivity contribution in [3.8, 4) is 0 Å². The fourth-order valence-electron chi connectivity index (χ4n) is 6.34. The molecule has 0 saturated carbocycles. The minimum atomic E-state index is -1.08. The summed E-state index contributed by atoms with van der Waals surface area (Å²) in [6.45, 7) is 16.1. The van der Waals surface area contributed by atoms with Crippen molar-refractivity contribution in [2.75, 3.05) is 170 Å². The molecule has 1 unspecified atom stereocenters. The Morgan fingerprint density at radius 2 is 0.971 bits per heavy atom. The number of imide groups is 2. The van der Waals surface area contributed by atoms with Gasteiger partial charge in [0.15, 0.2) is 0 Å². The molecule has 1 fully saturated rings. The zero-order valence-electron chi connectivity index (χ0n) is 40.1. The maximum atomic E-state index is 13.2. The predicted octanol–water partition coefficient (Wildman–Crippen LogP) is 1.91. The number of nitrogens with one attached hydrogen (secondary N) is 2. The maximum Gasteiger partial charge on any atom is 0.333 e. The topological polar surface area (TPSA) is 250 Å². The van der Waals surface area contributed by atoms with Crippen molar-refractivity contribution in [1.82, 2.24) is 10.2 Å². The summed E-state index contributed by atoms with van der Waals surface area (Å²) in [6.07, 6.45) is 2.41. The zero-order valence-corrected chi connectivity index (χ0v) is 40.1. The molecule has 2 aliphatic heterocycles. The van der Waals surface area contributed by atoms with Crippen LogP contribution in [0.4, 0.5) is 5.69 Å². The van der Waals surface area contributed by atoms with Crippen LogP contribution in [0.15, 0.2) is 30.4 Å². The summed E-state index contributed by atoms with van der Waals surface area (Å²) in [5.41, 5.74) is 0.727. The van der Waals surface area contributed by atoms with Crippen molar-refractivity contribution in [2.24, 2.45) is 0 Å². The summed E-state index contributed by atoms with van der Waals surface area (Å²) < 4.78 is 70.7. The van der Waals surface area contributed by atoms with E-state index < -0.39 is 35.6 Å². The number of amides is 5. The number of ether oxygens (including phenoxy) is 13. The molecule has 1 atom stereocenters. The van der Waals surface area contributed by atoms with Crippen LogP contribution in [0.5, 0.6) is 0 Å². The molecule has 0 spiro atoms. The van der Waals surface area contributed by atoms with Crippen LogP contribution in [0.25, 0.3) is 0 Å². The van der Waals surface area contributed by atoms with E-state index in [0.29, 0.717) is 171 Å². The minimum Gasteiger partial charge on any atom is -0.460 e. The number of hydrogen-bond acceptors (Lipinski definition) is 19. The number of benzene rings is 1. The Kier molecular flexibility index (Phi) is 32.9. The molecule has 0 bridgehead atoms. The van der Waals surface area contributed by atoms with Crippen molar-refractivity contribution in [2.45, 2.75) is 51.5 Å². The second-order valence-electron chi connectivity index (χ2n) is 15.3. The number of unbranched alkanes of at least 4 members (excludes halogenated alkanes) is 2. The molecule has 5 amide bonds. The molecule has 2 N–H and O–H groups in total. The number of rotatable bonds is 45. The van der Waals surface area contributed by atoms with Gasteiger partial charge in [-0.3, -0.25) is 34.2 Å². The number of nitrogens with zero attached hydrogens (tertiary/aromatic N) is 1. The molecule has 0 radical (unpaired) electrons. The molecule has 0 aliphatic carbocycles. The Morgan fingerprint density at radius 1 is 0.565 bits per heavy atom. The first-order chi connectivity index (χ1) is 33.7. The van der Waals surface area contributed by atoms with E-state index in [4.69, 9.17) is 61.6 Å². The first-order valence-corrected chi connectivity index (χ1v) is 23.6. The van der Waals surface area contributed by atoms with E-state index in [1.807, 2.05) is 0 Å². The summed E-state index contributed by atoms with van der Waals surface area (Å²) in [5, 5.41) is 4.90. The molecule has 2 aliphatic rings. The molecule has 1 aromatic carbocycles. The second-order valence-corrected chi connectivity index (χ2v) is 15.3.